The average molecular weight is 236 g/mol. The zero-order valence-electron chi connectivity index (χ0n) is 11.0. The van der Waals surface area contributed by atoms with Crippen LogP contribution in [0, 0.1) is 23.2 Å². The van der Waals surface area contributed by atoms with E-state index < -0.39 is 0 Å². The average Bonchev–Trinajstić information content (AvgIpc) is 2.31. The molecule has 0 amide bonds. The predicted molar refractivity (Wildman–Crippen MR) is 68.6 cm³/mol. The summed E-state index contributed by atoms with van der Waals surface area (Å²) in [6, 6.07) is 0. The number of hydrogen-bond donors (Lipinski definition) is 1. The smallest absolute Gasteiger partial charge is 0.138 e. The van der Waals surface area contributed by atoms with Crippen molar-refractivity contribution >= 4 is 5.78 Å². The van der Waals surface area contributed by atoms with Gasteiger partial charge in [0, 0.05) is 12.3 Å². The lowest BCUT2D eigenvalue weighted by Crippen LogP contribution is -2.46. The minimum absolute atomic E-state index is 0.0170. The Labute approximate surface area is 104 Å². The van der Waals surface area contributed by atoms with Crippen LogP contribution in [0.5, 0.6) is 0 Å². The van der Waals surface area contributed by atoms with Crippen LogP contribution in [0.1, 0.15) is 46.0 Å². The third-order valence-corrected chi connectivity index (χ3v) is 4.91. The summed E-state index contributed by atoms with van der Waals surface area (Å²) in [6.45, 7) is 8.73. The van der Waals surface area contributed by atoms with Gasteiger partial charge in [-0.25, -0.2) is 0 Å². The number of allylic oxidation sites excluding steroid dienone is 1. The number of hydrogen-bond acceptors (Lipinski definition) is 2. The van der Waals surface area contributed by atoms with Gasteiger partial charge in [-0.05, 0) is 42.9 Å². The molecular weight excluding hydrogens is 212 g/mol. The molecule has 0 saturated heterocycles. The minimum atomic E-state index is -0.127. The third-order valence-electron chi connectivity index (χ3n) is 4.91. The van der Waals surface area contributed by atoms with Crippen LogP contribution in [-0.4, -0.2) is 17.5 Å². The van der Waals surface area contributed by atoms with E-state index >= 15 is 0 Å². The summed E-state index contributed by atoms with van der Waals surface area (Å²) < 4.78 is 0. The first-order chi connectivity index (χ1) is 7.95. The van der Waals surface area contributed by atoms with Crippen LogP contribution in [-0.2, 0) is 4.79 Å². The molecule has 96 valence electrons. The molecular formula is C15H24O2. The maximum absolute atomic E-state index is 12.1. The highest BCUT2D eigenvalue weighted by Crippen LogP contribution is 2.56. The zero-order valence-corrected chi connectivity index (χ0v) is 11.0. The molecule has 0 radical (unpaired) electrons. The van der Waals surface area contributed by atoms with Gasteiger partial charge in [-0.15, -0.1) is 0 Å². The van der Waals surface area contributed by atoms with E-state index in [1.54, 1.807) is 0 Å². The summed E-state index contributed by atoms with van der Waals surface area (Å²) in [5.74, 6) is 1.14. The van der Waals surface area contributed by atoms with E-state index in [9.17, 15) is 9.90 Å². The number of Topliss-reactive ketones (excluding diaryl/α,β-unsaturated/α-hetero) is 1. The van der Waals surface area contributed by atoms with Gasteiger partial charge in [-0.1, -0.05) is 26.0 Å². The van der Waals surface area contributed by atoms with E-state index in [0.717, 1.165) is 19.3 Å². The van der Waals surface area contributed by atoms with E-state index in [1.165, 1.54) is 12.0 Å². The molecule has 2 saturated carbocycles. The van der Waals surface area contributed by atoms with Gasteiger partial charge in [0.1, 0.15) is 5.78 Å². The van der Waals surface area contributed by atoms with Crippen LogP contribution >= 0.6 is 0 Å². The summed E-state index contributed by atoms with van der Waals surface area (Å²) in [7, 11) is 0. The quantitative estimate of drug-likeness (QED) is 0.711. The van der Waals surface area contributed by atoms with Gasteiger partial charge in [0.2, 0.25) is 0 Å². The topological polar surface area (TPSA) is 37.3 Å². The molecule has 2 fully saturated rings. The Bertz CT molecular complexity index is 330. The van der Waals surface area contributed by atoms with Crippen LogP contribution in [0.15, 0.2) is 12.2 Å². The van der Waals surface area contributed by atoms with Crippen molar-refractivity contribution in [1.82, 2.24) is 0 Å². The van der Waals surface area contributed by atoms with Gasteiger partial charge < -0.3 is 5.11 Å². The normalized spacial score (nSPS) is 37.5. The number of carbonyl (C=O) groups excluding carboxylic acids is 1. The Morgan fingerprint density at radius 1 is 1.47 bits per heavy atom. The highest BCUT2D eigenvalue weighted by Gasteiger charge is 2.49. The van der Waals surface area contributed by atoms with Gasteiger partial charge in [0.25, 0.3) is 0 Å². The van der Waals surface area contributed by atoms with Crippen LogP contribution in [0.4, 0.5) is 0 Å². The number of fused-ring (bicyclic) bond motifs is 1. The van der Waals surface area contributed by atoms with E-state index in [-0.39, 0.29) is 23.7 Å². The molecule has 0 aromatic rings. The Morgan fingerprint density at radius 3 is 2.76 bits per heavy atom. The lowest BCUT2D eigenvalue weighted by atomic mass is 9.52. The molecule has 1 N–H and O–H groups in total. The van der Waals surface area contributed by atoms with E-state index in [1.807, 2.05) is 0 Å². The Hall–Kier alpha value is -0.630. The van der Waals surface area contributed by atoms with Crippen molar-refractivity contribution in [2.75, 3.05) is 6.61 Å². The molecule has 0 heterocycles. The van der Waals surface area contributed by atoms with Gasteiger partial charge in [0.15, 0.2) is 0 Å². The molecule has 17 heavy (non-hydrogen) atoms. The first kappa shape index (κ1) is 12.8. The molecule has 0 aliphatic heterocycles. The summed E-state index contributed by atoms with van der Waals surface area (Å²) in [5.41, 5.74) is 1.61. The maximum Gasteiger partial charge on any atom is 0.138 e. The molecule has 0 spiro atoms. The number of aliphatic hydroxyl groups excluding tert-OH is 1. The van der Waals surface area contributed by atoms with Crippen molar-refractivity contribution < 1.29 is 9.90 Å². The summed E-state index contributed by atoms with van der Waals surface area (Å²) in [6.07, 6.45) is 4.67. The number of carbonyl (C=O) groups is 1. The largest absolute Gasteiger partial charge is 0.396 e. The molecule has 2 aliphatic rings. The highest BCUT2D eigenvalue weighted by atomic mass is 16.3. The van der Waals surface area contributed by atoms with Crippen molar-refractivity contribution in [3.05, 3.63) is 12.2 Å². The first-order valence-electron chi connectivity index (χ1n) is 6.77. The molecule has 0 bridgehead atoms. The van der Waals surface area contributed by atoms with Gasteiger partial charge in [-0.2, -0.15) is 0 Å². The fourth-order valence-corrected chi connectivity index (χ4v) is 3.59. The SMILES string of the molecule is C=C1CCC[C@@H](CO)C(=O)C[C@@H]2[C@H]1CC2(C)C. The maximum atomic E-state index is 12.1. The van der Waals surface area contributed by atoms with Gasteiger partial charge >= 0.3 is 0 Å². The van der Waals surface area contributed by atoms with E-state index in [0.29, 0.717) is 18.3 Å². The van der Waals surface area contributed by atoms with Crippen LogP contribution < -0.4 is 0 Å². The molecule has 2 aliphatic carbocycles. The van der Waals surface area contributed by atoms with E-state index in [2.05, 4.69) is 20.4 Å². The van der Waals surface area contributed by atoms with Gasteiger partial charge in [0.05, 0.1) is 6.61 Å². The fraction of sp³-hybridized carbons (Fsp3) is 0.800. The van der Waals surface area contributed by atoms with Crippen molar-refractivity contribution in [2.45, 2.75) is 46.0 Å². The van der Waals surface area contributed by atoms with Gasteiger partial charge in [-0.3, -0.25) is 4.79 Å². The zero-order chi connectivity index (χ0) is 12.6. The van der Waals surface area contributed by atoms with Crippen molar-refractivity contribution in [3.63, 3.8) is 0 Å². The molecule has 0 unspecified atom stereocenters. The number of rotatable bonds is 1. The molecule has 0 aromatic heterocycles. The van der Waals surface area contributed by atoms with Crippen molar-refractivity contribution in [1.29, 1.82) is 0 Å². The molecule has 0 aromatic carbocycles. The van der Waals surface area contributed by atoms with Crippen LogP contribution in [0.2, 0.25) is 0 Å². The summed E-state index contributed by atoms with van der Waals surface area (Å²) in [4.78, 5) is 12.1. The number of aliphatic hydroxyl groups is 1. The lowest BCUT2D eigenvalue weighted by molar-refractivity contribution is -0.129. The van der Waals surface area contributed by atoms with E-state index in [4.69, 9.17) is 0 Å². The summed E-state index contributed by atoms with van der Waals surface area (Å²) >= 11 is 0. The standard InChI is InChI=1S/C15H24O2/c1-10-5-4-6-11(9-16)14(17)7-13-12(10)8-15(13,2)3/h11-13,16H,1,4-9H2,2-3H3/t11-,12-,13+/m0/s1. The second-order valence-corrected chi connectivity index (χ2v) is 6.51. The number of ketones is 1. The summed E-state index contributed by atoms with van der Waals surface area (Å²) in [5, 5.41) is 9.29. The minimum Gasteiger partial charge on any atom is -0.396 e. The Morgan fingerprint density at radius 2 is 2.18 bits per heavy atom. The van der Waals surface area contributed by atoms with Crippen molar-refractivity contribution in [3.8, 4) is 0 Å². The fourth-order valence-electron chi connectivity index (χ4n) is 3.59. The van der Waals surface area contributed by atoms with Crippen LogP contribution in [0.25, 0.3) is 0 Å². The highest BCUT2D eigenvalue weighted by molar-refractivity contribution is 5.81. The third kappa shape index (κ3) is 2.33. The molecule has 2 heteroatoms. The monoisotopic (exact) mass is 236 g/mol. The second-order valence-electron chi connectivity index (χ2n) is 6.51. The second kappa shape index (κ2) is 4.56. The Balaban J connectivity index is 2.16. The lowest BCUT2D eigenvalue weighted by Gasteiger charge is -2.52. The predicted octanol–water partition coefficient (Wildman–Crippen LogP) is 2.96. The molecule has 2 rings (SSSR count). The first-order valence-corrected chi connectivity index (χ1v) is 6.77. The molecule has 2 nitrogen and oxygen atoms in total. The van der Waals surface area contributed by atoms with Crippen LogP contribution in [0.3, 0.4) is 0 Å². The Kier molecular flexibility index (Phi) is 3.44. The molecule has 3 atom stereocenters. The van der Waals surface area contributed by atoms with Crippen molar-refractivity contribution in [2.24, 2.45) is 23.2 Å².